The Kier molecular flexibility index (Phi) is 4.89. The second-order valence-corrected chi connectivity index (χ2v) is 6.16. The molecule has 1 aliphatic heterocycles. The van der Waals surface area contributed by atoms with E-state index in [1.165, 1.54) is 0 Å². The molecule has 24 heavy (non-hydrogen) atoms. The number of ether oxygens (including phenoxy) is 1. The van der Waals surface area contributed by atoms with Gasteiger partial charge in [0.05, 0.1) is 12.1 Å². The first-order valence-corrected chi connectivity index (χ1v) is 8.15. The van der Waals surface area contributed by atoms with Crippen LogP contribution in [-0.2, 0) is 11.2 Å². The molecule has 5 heteroatoms. The van der Waals surface area contributed by atoms with E-state index in [-0.39, 0.29) is 12.0 Å². The highest BCUT2D eigenvalue weighted by Gasteiger charge is 2.26. The van der Waals surface area contributed by atoms with Crippen LogP contribution < -0.4 is 10.1 Å². The van der Waals surface area contributed by atoms with E-state index in [4.69, 9.17) is 4.74 Å². The molecule has 1 amide bonds. The Morgan fingerprint density at radius 1 is 1.33 bits per heavy atom. The maximum atomic E-state index is 11.8. The summed E-state index contributed by atoms with van der Waals surface area (Å²) >= 11 is 0. The van der Waals surface area contributed by atoms with Gasteiger partial charge in [-0.3, -0.25) is 4.79 Å². The lowest BCUT2D eigenvalue weighted by Gasteiger charge is -2.12. The topological polar surface area (TPSA) is 64.1 Å². The van der Waals surface area contributed by atoms with E-state index in [2.05, 4.69) is 15.3 Å². The molecule has 2 heterocycles. The van der Waals surface area contributed by atoms with E-state index < -0.39 is 0 Å². The van der Waals surface area contributed by atoms with Gasteiger partial charge in [-0.2, -0.15) is 0 Å². The minimum atomic E-state index is -0.0881. The summed E-state index contributed by atoms with van der Waals surface area (Å²) in [7, 11) is 0. The van der Waals surface area contributed by atoms with E-state index in [0.29, 0.717) is 18.3 Å². The minimum absolute atomic E-state index is 0.0683. The van der Waals surface area contributed by atoms with Crippen LogP contribution in [0.3, 0.4) is 0 Å². The molecule has 5 nitrogen and oxygen atoms in total. The summed E-state index contributed by atoms with van der Waals surface area (Å²) in [4.78, 5) is 20.4. The number of nitrogens with one attached hydrogen (secondary N) is 1. The number of carbonyl (C=O) groups is 1. The fourth-order valence-electron chi connectivity index (χ4n) is 2.62. The van der Waals surface area contributed by atoms with Gasteiger partial charge in [0.25, 0.3) is 0 Å². The SMILES string of the molecule is CC(C)/C=C/C(=O)NC[C@@H]1Cc2cccc(-c3ncccn3)c2O1. The lowest BCUT2D eigenvalue weighted by Crippen LogP contribution is -2.33. The van der Waals surface area contributed by atoms with Gasteiger partial charge in [-0.25, -0.2) is 9.97 Å². The average Bonchev–Trinajstić information content (AvgIpc) is 3.02. The molecule has 0 radical (unpaired) electrons. The molecule has 0 saturated heterocycles. The van der Waals surface area contributed by atoms with Crippen molar-refractivity contribution in [3.8, 4) is 17.1 Å². The first-order valence-electron chi connectivity index (χ1n) is 8.15. The summed E-state index contributed by atoms with van der Waals surface area (Å²) in [5.41, 5.74) is 2.01. The zero-order valence-electron chi connectivity index (χ0n) is 13.9. The number of fused-ring (bicyclic) bond motifs is 1. The van der Waals surface area contributed by atoms with E-state index in [9.17, 15) is 4.79 Å². The Bertz CT molecular complexity index is 742. The predicted octanol–water partition coefficient (Wildman–Crippen LogP) is 2.78. The molecule has 1 aromatic heterocycles. The summed E-state index contributed by atoms with van der Waals surface area (Å²) < 4.78 is 6.05. The van der Waals surface area contributed by atoms with Gasteiger partial charge in [0.2, 0.25) is 5.91 Å². The highest BCUT2D eigenvalue weighted by Crippen LogP contribution is 2.37. The van der Waals surface area contributed by atoms with Crippen LogP contribution in [0.4, 0.5) is 0 Å². The smallest absolute Gasteiger partial charge is 0.243 e. The fraction of sp³-hybridized carbons (Fsp3) is 0.316. The van der Waals surface area contributed by atoms with Crippen molar-refractivity contribution in [2.45, 2.75) is 26.4 Å². The van der Waals surface area contributed by atoms with Crippen molar-refractivity contribution in [1.29, 1.82) is 0 Å². The lowest BCUT2D eigenvalue weighted by molar-refractivity contribution is -0.116. The standard InChI is InChI=1S/C19H21N3O2/c1-13(2)7-8-17(23)22-12-15-11-14-5-3-6-16(18(14)24-15)19-20-9-4-10-21-19/h3-10,13,15H,11-12H2,1-2H3,(H,22,23)/b8-7+/t15-/m0/s1. The van der Waals surface area contributed by atoms with Crippen LogP contribution in [0.5, 0.6) is 5.75 Å². The molecule has 2 aromatic rings. The molecule has 1 N–H and O–H groups in total. The van der Waals surface area contributed by atoms with Crippen molar-refractivity contribution in [3.63, 3.8) is 0 Å². The largest absolute Gasteiger partial charge is 0.487 e. The monoisotopic (exact) mass is 323 g/mol. The molecule has 1 atom stereocenters. The third-order valence-electron chi connectivity index (χ3n) is 3.77. The van der Waals surface area contributed by atoms with E-state index in [1.807, 2.05) is 38.1 Å². The molecule has 0 fully saturated rings. The van der Waals surface area contributed by atoms with Crippen LogP contribution in [0, 0.1) is 5.92 Å². The minimum Gasteiger partial charge on any atom is -0.487 e. The van der Waals surface area contributed by atoms with Gasteiger partial charge in [0.15, 0.2) is 5.82 Å². The van der Waals surface area contributed by atoms with Gasteiger partial charge in [-0.15, -0.1) is 0 Å². The molecule has 124 valence electrons. The molecule has 1 aromatic carbocycles. The maximum absolute atomic E-state index is 11.8. The molecular formula is C19H21N3O2. The van der Waals surface area contributed by atoms with Gasteiger partial charge in [-0.05, 0) is 29.7 Å². The second kappa shape index (κ2) is 7.25. The molecule has 0 aliphatic carbocycles. The third kappa shape index (κ3) is 3.79. The Morgan fingerprint density at radius 2 is 2.12 bits per heavy atom. The van der Waals surface area contributed by atoms with Crippen LogP contribution in [0.15, 0.2) is 48.8 Å². The van der Waals surface area contributed by atoms with Crippen LogP contribution in [-0.4, -0.2) is 28.5 Å². The van der Waals surface area contributed by atoms with Gasteiger partial charge < -0.3 is 10.1 Å². The average molecular weight is 323 g/mol. The Morgan fingerprint density at radius 3 is 2.88 bits per heavy atom. The molecular weight excluding hydrogens is 302 g/mol. The number of carbonyl (C=O) groups excluding carboxylic acids is 1. The molecule has 1 aliphatic rings. The Balaban J connectivity index is 1.66. The predicted molar refractivity (Wildman–Crippen MR) is 92.6 cm³/mol. The fourth-order valence-corrected chi connectivity index (χ4v) is 2.62. The van der Waals surface area contributed by atoms with Crippen molar-refractivity contribution < 1.29 is 9.53 Å². The number of allylic oxidation sites excluding steroid dienone is 1. The Hall–Kier alpha value is -2.69. The van der Waals surface area contributed by atoms with Gasteiger partial charge in [0.1, 0.15) is 11.9 Å². The summed E-state index contributed by atoms with van der Waals surface area (Å²) in [5, 5.41) is 2.89. The lowest BCUT2D eigenvalue weighted by atomic mass is 10.1. The molecule has 3 rings (SSSR count). The molecule has 0 spiro atoms. The van der Waals surface area contributed by atoms with E-state index >= 15 is 0 Å². The molecule has 0 unspecified atom stereocenters. The number of nitrogens with zero attached hydrogens (tertiary/aromatic N) is 2. The number of hydrogen-bond donors (Lipinski definition) is 1. The zero-order chi connectivity index (χ0) is 16.9. The number of amides is 1. The van der Waals surface area contributed by atoms with Crippen LogP contribution in [0.2, 0.25) is 0 Å². The zero-order valence-corrected chi connectivity index (χ0v) is 13.9. The second-order valence-electron chi connectivity index (χ2n) is 6.16. The van der Waals surface area contributed by atoms with Crippen molar-refractivity contribution >= 4 is 5.91 Å². The van der Waals surface area contributed by atoms with Crippen LogP contribution in [0.1, 0.15) is 19.4 Å². The molecule has 0 bridgehead atoms. The Labute approximate surface area is 141 Å². The first kappa shape index (κ1) is 16.2. The summed E-state index contributed by atoms with van der Waals surface area (Å²) in [5.74, 6) is 1.74. The van der Waals surface area contributed by atoms with E-state index in [0.717, 1.165) is 23.3 Å². The maximum Gasteiger partial charge on any atom is 0.243 e. The number of aromatic nitrogens is 2. The number of rotatable bonds is 5. The van der Waals surface area contributed by atoms with E-state index in [1.54, 1.807) is 24.5 Å². The normalized spacial score (nSPS) is 16.2. The van der Waals surface area contributed by atoms with Gasteiger partial charge in [0, 0.05) is 18.8 Å². The molecule has 0 saturated carbocycles. The van der Waals surface area contributed by atoms with Gasteiger partial charge in [-0.1, -0.05) is 32.1 Å². The van der Waals surface area contributed by atoms with Crippen molar-refractivity contribution in [2.24, 2.45) is 5.92 Å². The summed E-state index contributed by atoms with van der Waals surface area (Å²) in [6.45, 7) is 4.55. The third-order valence-corrected chi connectivity index (χ3v) is 3.77. The first-order chi connectivity index (χ1) is 11.6. The highest BCUT2D eigenvalue weighted by atomic mass is 16.5. The summed E-state index contributed by atoms with van der Waals surface area (Å²) in [6.07, 6.45) is 7.59. The summed E-state index contributed by atoms with van der Waals surface area (Å²) in [6, 6.07) is 7.78. The van der Waals surface area contributed by atoms with Crippen LogP contribution in [0.25, 0.3) is 11.4 Å². The quantitative estimate of drug-likeness (QED) is 0.859. The number of hydrogen-bond acceptors (Lipinski definition) is 4. The number of para-hydroxylation sites is 1. The van der Waals surface area contributed by atoms with Gasteiger partial charge >= 0.3 is 0 Å². The van der Waals surface area contributed by atoms with Crippen molar-refractivity contribution in [2.75, 3.05) is 6.54 Å². The van der Waals surface area contributed by atoms with Crippen LogP contribution >= 0.6 is 0 Å². The van der Waals surface area contributed by atoms with Crippen molar-refractivity contribution in [3.05, 3.63) is 54.4 Å². The van der Waals surface area contributed by atoms with Crippen molar-refractivity contribution in [1.82, 2.24) is 15.3 Å². The number of benzene rings is 1. The highest BCUT2D eigenvalue weighted by molar-refractivity contribution is 5.87.